The molecular weight excluding hydrogens is 226 g/mol. The van der Waals surface area contributed by atoms with Gasteiger partial charge in [0.25, 0.3) is 0 Å². The first-order chi connectivity index (χ1) is 8.45. The minimum absolute atomic E-state index is 0.0449. The van der Waals surface area contributed by atoms with Crippen LogP contribution in [0.4, 0.5) is 0 Å². The van der Waals surface area contributed by atoms with Crippen LogP contribution in [0.3, 0.4) is 0 Å². The summed E-state index contributed by atoms with van der Waals surface area (Å²) < 4.78 is 11.1. The van der Waals surface area contributed by atoms with Crippen molar-refractivity contribution in [3.05, 3.63) is 29.8 Å². The van der Waals surface area contributed by atoms with Gasteiger partial charge in [0.15, 0.2) is 0 Å². The summed E-state index contributed by atoms with van der Waals surface area (Å²) in [5, 5.41) is 3.35. The van der Waals surface area contributed by atoms with Crippen LogP contribution >= 0.6 is 0 Å². The first-order valence-corrected chi connectivity index (χ1v) is 6.28. The summed E-state index contributed by atoms with van der Waals surface area (Å²) in [4.78, 5) is 0. The smallest absolute Gasteiger partial charge is 0.123 e. The summed E-state index contributed by atoms with van der Waals surface area (Å²) in [6.45, 7) is 6.54. The van der Waals surface area contributed by atoms with Crippen molar-refractivity contribution < 1.29 is 9.47 Å². The third-order valence-corrected chi connectivity index (χ3v) is 3.20. The van der Waals surface area contributed by atoms with Crippen molar-refractivity contribution in [1.82, 2.24) is 5.32 Å². The summed E-state index contributed by atoms with van der Waals surface area (Å²) in [5.74, 6) is 0.892. The van der Waals surface area contributed by atoms with Crippen LogP contribution in [0, 0.1) is 5.41 Å². The van der Waals surface area contributed by atoms with Crippen molar-refractivity contribution in [1.29, 1.82) is 0 Å². The van der Waals surface area contributed by atoms with Gasteiger partial charge in [-0.3, -0.25) is 0 Å². The largest absolute Gasteiger partial charge is 0.496 e. The van der Waals surface area contributed by atoms with Crippen molar-refractivity contribution in [2.24, 2.45) is 5.41 Å². The Morgan fingerprint density at radius 2 is 1.72 bits per heavy atom. The molecule has 0 heterocycles. The zero-order valence-corrected chi connectivity index (χ0v) is 12.3. The summed E-state index contributed by atoms with van der Waals surface area (Å²) in [6, 6.07) is 8.17. The van der Waals surface area contributed by atoms with Gasteiger partial charge in [0.2, 0.25) is 0 Å². The van der Waals surface area contributed by atoms with E-state index in [9.17, 15) is 0 Å². The Morgan fingerprint density at radius 3 is 2.17 bits per heavy atom. The summed E-state index contributed by atoms with van der Waals surface area (Å²) in [7, 11) is 5.41. The fourth-order valence-electron chi connectivity index (χ4n) is 2.38. The molecule has 0 radical (unpaired) electrons. The second kappa shape index (κ2) is 6.21. The molecule has 1 rings (SSSR count). The number of benzene rings is 1. The Balaban J connectivity index is 3.16. The molecule has 2 unspecified atom stereocenters. The number of para-hydroxylation sites is 1. The van der Waals surface area contributed by atoms with Crippen LogP contribution in [-0.4, -0.2) is 27.4 Å². The fourth-order valence-corrected chi connectivity index (χ4v) is 2.38. The van der Waals surface area contributed by atoms with Crippen LogP contribution in [0.25, 0.3) is 0 Å². The molecule has 1 aromatic carbocycles. The average molecular weight is 251 g/mol. The van der Waals surface area contributed by atoms with Crippen molar-refractivity contribution in [3.8, 4) is 5.75 Å². The Morgan fingerprint density at radius 1 is 1.11 bits per heavy atom. The second-order valence-electron chi connectivity index (χ2n) is 5.53. The highest BCUT2D eigenvalue weighted by Gasteiger charge is 2.33. The number of nitrogens with one attached hydrogen (secondary N) is 1. The number of methoxy groups -OCH3 is 2. The molecule has 3 heteroatoms. The van der Waals surface area contributed by atoms with Crippen LogP contribution in [0.1, 0.15) is 32.4 Å². The first-order valence-electron chi connectivity index (χ1n) is 6.28. The van der Waals surface area contributed by atoms with Crippen molar-refractivity contribution in [3.63, 3.8) is 0 Å². The molecule has 0 bridgehead atoms. The molecule has 102 valence electrons. The maximum absolute atomic E-state index is 5.70. The van der Waals surface area contributed by atoms with Gasteiger partial charge in [0, 0.05) is 12.7 Å². The normalized spacial score (nSPS) is 15.2. The summed E-state index contributed by atoms with van der Waals surface area (Å²) >= 11 is 0. The molecular formula is C15H25NO2. The minimum atomic E-state index is 0.0449. The van der Waals surface area contributed by atoms with E-state index >= 15 is 0 Å². The topological polar surface area (TPSA) is 30.5 Å². The third-order valence-electron chi connectivity index (χ3n) is 3.20. The van der Waals surface area contributed by atoms with Crippen LogP contribution in [0.5, 0.6) is 5.75 Å². The highest BCUT2D eigenvalue weighted by atomic mass is 16.5. The average Bonchev–Trinajstić information content (AvgIpc) is 2.34. The lowest BCUT2D eigenvalue weighted by atomic mass is 9.82. The van der Waals surface area contributed by atoms with E-state index in [2.05, 4.69) is 32.2 Å². The van der Waals surface area contributed by atoms with Crippen molar-refractivity contribution in [2.45, 2.75) is 32.9 Å². The molecule has 0 aromatic heterocycles. The minimum Gasteiger partial charge on any atom is -0.496 e. The van der Waals surface area contributed by atoms with Gasteiger partial charge >= 0.3 is 0 Å². The fraction of sp³-hybridized carbons (Fsp3) is 0.600. The van der Waals surface area contributed by atoms with Crippen LogP contribution < -0.4 is 10.1 Å². The van der Waals surface area contributed by atoms with Gasteiger partial charge in [-0.1, -0.05) is 39.0 Å². The van der Waals surface area contributed by atoms with E-state index in [-0.39, 0.29) is 17.6 Å². The van der Waals surface area contributed by atoms with Crippen LogP contribution in [0.2, 0.25) is 0 Å². The van der Waals surface area contributed by atoms with Crippen LogP contribution in [-0.2, 0) is 4.74 Å². The van der Waals surface area contributed by atoms with E-state index in [1.54, 1.807) is 14.2 Å². The van der Waals surface area contributed by atoms with Gasteiger partial charge in [-0.25, -0.2) is 0 Å². The van der Waals surface area contributed by atoms with Gasteiger partial charge in [-0.2, -0.15) is 0 Å². The lowest BCUT2D eigenvalue weighted by Gasteiger charge is -2.36. The van der Waals surface area contributed by atoms with Crippen molar-refractivity contribution >= 4 is 0 Å². The number of likely N-dealkylation sites (N-methyl/N-ethyl adjacent to an activating group) is 1. The molecule has 1 N–H and O–H groups in total. The predicted octanol–water partition coefficient (Wildman–Crippen LogP) is 3.02. The molecule has 18 heavy (non-hydrogen) atoms. The third kappa shape index (κ3) is 3.24. The van der Waals surface area contributed by atoms with Gasteiger partial charge in [0.05, 0.1) is 19.3 Å². The highest BCUT2D eigenvalue weighted by molar-refractivity contribution is 5.36. The first kappa shape index (κ1) is 15.0. The molecule has 0 saturated heterocycles. The molecule has 0 spiro atoms. The van der Waals surface area contributed by atoms with Gasteiger partial charge in [-0.05, 0) is 18.5 Å². The van der Waals surface area contributed by atoms with Crippen LogP contribution in [0.15, 0.2) is 24.3 Å². The second-order valence-corrected chi connectivity index (χ2v) is 5.53. The zero-order chi connectivity index (χ0) is 13.8. The molecule has 2 atom stereocenters. The maximum atomic E-state index is 5.70. The van der Waals surface area contributed by atoms with E-state index < -0.39 is 0 Å². The summed E-state index contributed by atoms with van der Waals surface area (Å²) in [5.41, 5.74) is 1.17. The van der Waals surface area contributed by atoms with E-state index in [1.165, 1.54) is 0 Å². The lowest BCUT2D eigenvalue weighted by molar-refractivity contribution is -0.0106. The Bertz CT molecular complexity index is 371. The van der Waals surface area contributed by atoms with E-state index in [0.29, 0.717) is 0 Å². The Kier molecular flexibility index (Phi) is 5.17. The molecule has 0 aliphatic rings. The summed E-state index contributed by atoms with van der Waals surface area (Å²) in [6.07, 6.45) is 0.0683. The maximum Gasteiger partial charge on any atom is 0.123 e. The molecule has 0 amide bonds. The molecule has 0 aliphatic heterocycles. The molecule has 0 aliphatic carbocycles. The number of ether oxygens (including phenoxy) is 2. The van der Waals surface area contributed by atoms with E-state index in [4.69, 9.17) is 9.47 Å². The lowest BCUT2D eigenvalue weighted by Crippen LogP contribution is -2.40. The number of hydrogen-bond acceptors (Lipinski definition) is 3. The Hall–Kier alpha value is -1.06. The standard InChI is InChI=1S/C15H25NO2/c1-15(2,3)14(18-6)13(16-4)11-9-7-8-10-12(11)17-5/h7-10,13-14,16H,1-6H3. The predicted molar refractivity (Wildman–Crippen MR) is 75.0 cm³/mol. The van der Waals surface area contributed by atoms with E-state index in [0.717, 1.165) is 11.3 Å². The Labute approximate surface area is 110 Å². The van der Waals surface area contributed by atoms with Gasteiger partial charge in [0.1, 0.15) is 5.75 Å². The molecule has 3 nitrogen and oxygen atoms in total. The SMILES string of the molecule is CNC(c1ccccc1OC)C(OC)C(C)(C)C. The quantitative estimate of drug-likeness (QED) is 0.872. The molecule has 1 aromatic rings. The van der Waals surface area contributed by atoms with E-state index in [1.807, 2.05) is 25.2 Å². The van der Waals surface area contributed by atoms with Crippen molar-refractivity contribution in [2.75, 3.05) is 21.3 Å². The molecule has 0 fully saturated rings. The number of hydrogen-bond donors (Lipinski definition) is 1. The number of rotatable bonds is 5. The molecule has 0 saturated carbocycles. The zero-order valence-electron chi connectivity index (χ0n) is 12.3. The monoisotopic (exact) mass is 251 g/mol. The highest BCUT2D eigenvalue weighted by Crippen LogP contribution is 2.35. The van der Waals surface area contributed by atoms with Gasteiger partial charge < -0.3 is 14.8 Å². The van der Waals surface area contributed by atoms with Gasteiger partial charge in [-0.15, -0.1) is 0 Å².